The number of ether oxygens (including phenoxy) is 1. The fourth-order valence-electron chi connectivity index (χ4n) is 3.32. The van der Waals surface area contributed by atoms with E-state index in [0.717, 1.165) is 36.7 Å². The van der Waals surface area contributed by atoms with Crippen molar-refractivity contribution in [2.24, 2.45) is 0 Å². The Balaban J connectivity index is 0.00000192. The molecular formula is C17H21ClN8OS. The lowest BCUT2D eigenvalue weighted by molar-refractivity contribution is 0.122. The molecule has 11 heteroatoms. The highest BCUT2D eigenvalue weighted by atomic mass is 35.5. The van der Waals surface area contributed by atoms with Crippen molar-refractivity contribution in [2.75, 3.05) is 43.5 Å². The molecule has 0 saturated carbocycles. The molecule has 0 unspecified atom stereocenters. The molecule has 0 atom stereocenters. The van der Waals surface area contributed by atoms with Crippen LogP contribution in [-0.4, -0.2) is 57.4 Å². The van der Waals surface area contributed by atoms with Gasteiger partial charge < -0.3 is 25.3 Å². The monoisotopic (exact) mass is 420 g/mol. The first-order valence-corrected chi connectivity index (χ1v) is 9.78. The second kappa shape index (κ2) is 7.90. The molecule has 0 bridgehead atoms. The number of imidazole rings is 1. The molecule has 5 heterocycles. The number of hydrogen-bond donors (Lipinski definition) is 2. The molecule has 0 aromatic carbocycles. The summed E-state index contributed by atoms with van der Waals surface area (Å²) in [6.45, 7) is 4.48. The maximum absolute atomic E-state index is 6.14. The number of nitrogens with two attached hydrogens (primary N) is 1. The van der Waals surface area contributed by atoms with Crippen molar-refractivity contribution < 1.29 is 4.74 Å². The number of thiazole rings is 1. The molecule has 1 saturated heterocycles. The average molecular weight is 421 g/mol. The minimum absolute atomic E-state index is 0. The SMILES string of the molecule is Cl.Nc1nc(N2CCOCC2)nc2c1ncn2Cc1ncc(C2=CNCC2)s1. The lowest BCUT2D eigenvalue weighted by atomic mass is 10.2. The number of nitrogens with one attached hydrogen (secondary N) is 1. The van der Waals surface area contributed by atoms with Crippen LogP contribution in [0.4, 0.5) is 11.8 Å². The van der Waals surface area contributed by atoms with Gasteiger partial charge in [-0.1, -0.05) is 0 Å². The zero-order valence-corrected chi connectivity index (χ0v) is 16.8. The summed E-state index contributed by atoms with van der Waals surface area (Å²) in [4.78, 5) is 21.5. The summed E-state index contributed by atoms with van der Waals surface area (Å²) in [5.74, 6) is 1.04. The Morgan fingerprint density at radius 3 is 2.86 bits per heavy atom. The fourth-order valence-corrected chi connectivity index (χ4v) is 4.28. The second-order valence-corrected chi connectivity index (χ2v) is 7.66. The van der Waals surface area contributed by atoms with Gasteiger partial charge in [-0.05, 0) is 12.0 Å². The van der Waals surface area contributed by atoms with Gasteiger partial charge in [-0.3, -0.25) is 0 Å². The van der Waals surface area contributed by atoms with Gasteiger partial charge in [-0.15, -0.1) is 23.7 Å². The van der Waals surface area contributed by atoms with Crippen LogP contribution in [0, 0.1) is 0 Å². The standard InChI is InChI=1S/C17H20N8OS.ClH/c18-15-14-16(23-17(22-15)24-3-5-26-6-4-24)25(10-21-14)9-13-20-8-12(27-13)11-1-2-19-7-11;/h7-8,10,19H,1-6,9H2,(H2,18,22,23);1H. The maximum atomic E-state index is 6.14. The highest BCUT2D eigenvalue weighted by Gasteiger charge is 2.19. The quantitative estimate of drug-likeness (QED) is 0.654. The first kappa shape index (κ1) is 18.9. The van der Waals surface area contributed by atoms with Gasteiger partial charge in [0.15, 0.2) is 11.5 Å². The summed E-state index contributed by atoms with van der Waals surface area (Å²) in [6.07, 6.45) is 6.82. The van der Waals surface area contributed by atoms with Crippen molar-refractivity contribution in [3.05, 3.63) is 28.6 Å². The summed E-state index contributed by atoms with van der Waals surface area (Å²) in [6, 6.07) is 0. The maximum Gasteiger partial charge on any atom is 0.229 e. The van der Waals surface area contributed by atoms with E-state index < -0.39 is 0 Å². The Bertz CT molecular complexity index is 1010. The molecule has 3 aromatic rings. The Labute approximate surface area is 172 Å². The number of halogens is 1. The van der Waals surface area contributed by atoms with E-state index in [1.54, 1.807) is 17.7 Å². The van der Waals surface area contributed by atoms with Gasteiger partial charge >= 0.3 is 0 Å². The molecule has 0 spiro atoms. The van der Waals surface area contributed by atoms with E-state index in [1.807, 2.05) is 10.8 Å². The Kier molecular flexibility index (Phi) is 5.33. The molecule has 2 aliphatic heterocycles. The van der Waals surface area contributed by atoms with Crippen LogP contribution >= 0.6 is 23.7 Å². The number of aromatic nitrogens is 5. The van der Waals surface area contributed by atoms with Crippen LogP contribution in [0.25, 0.3) is 16.7 Å². The number of hydrogen-bond acceptors (Lipinski definition) is 9. The van der Waals surface area contributed by atoms with Gasteiger partial charge in [0, 0.05) is 32.0 Å². The first-order valence-electron chi connectivity index (χ1n) is 8.96. The molecule has 148 valence electrons. The smallest absolute Gasteiger partial charge is 0.229 e. The third-order valence-electron chi connectivity index (χ3n) is 4.76. The van der Waals surface area contributed by atoms with Gasteiger partial charge in [-0.2, -0.15) is 9.97 Å². The number of fused-ring (bicyclic) bond motifs is 1. The normalized spacial score (nSPS) is 16.7. The van der Waals surface area contributed by atoms with E-state index in [-0.39, 0.29) is 12.4 Å². The van der Waals surface area contributed by atoms with Gasteiger partial charge in [0.05, 0.1) is 31.0 Å². The highest BCUT2D eigenvalue weighted by Crippen LogP contribution is 2.27. The minimum atomic E-state index is 0. The molecule has 28 heavy (non-hydrogen) atoms. The number of anilines is 2. The fraction of sp³-hybridized carbons (Fsp3) is 0.412. The Morgan fingerprint density at radius 2 is 2.07 bits per heavy atom. The minimum Gasteiger partial charge on any atom is -0.390 e. The predicted molar refractivity (Wildman–Crippen MR) is 112 cm³/mol. The summed E-state index contributed by atoms with van der Waals surface area (Å²) in [5, 5.41) is 4.27. The molecule has 9 nitrogen and oxygen atoms in total. The highest BCUT2D eigenvalue weighted by molar-refractivity contribution is 7.12. The first-order chi connectivity index (χ1) is 13.3. The van der Waals surface area contributed by atoms with Crippen molar-refractivity contribution in [3.8, 4) is 0 Å². The molecule has 2 aliphatic rings. The van der Waals surface area contributed by atoms with E-state index in [4.69, 9.17) is 15.5 Å². The van der Waals surface area contributed by atoms with Crippen LogP contribution in [0.1, 0.15) is 16.3 Å². The molecule has 3 aromatic heterocycles. The zero-order chi connectivity index (χ0) is 18.2. The zero-order valence-electron chi connectivity index (χ0n) is 15.2. The van der Waals surface area contributed by atoms with Crippen molar-refractivity contribution in [1.29, 1.82) is 0 Å². The lowest BCUT2D eigenvalue weighted by Crippen LogP contribution is -2.37. The van der Waals surface area contributed by atoms with Gasteiger partial charge in [0.2, 0.25) is 5.95 Å². The van der Waals surface area contributed by atoms with E-state index in [0.29, 0.717) is 37.0 Å². The van der Waals surface area contributed by atoms with Crippen molar-refractivity contribution in [2.45, 2.75) is 13.0 Å². The molecular weight excluding hydrogens is 400 g/mol. The summed E-state index contributed by atoms with van der Waals surface area (Å²) in [7, 11) is 0. The molecule has 1 fully saturated rings. The third-order valence-corrected chi connectivity index (χ3v) is 5.82. The van der Waals surface area contributed by atoms with Crippen LogP contribution in [0.5, 0.6) is 0 Å². The largest absolute Gasteiger partial charge is 0.390 e. The molecule has 0 aliphatic carbocycles. The number of nitrogens with zero attached hydrogens (tertiary/aromatic N) is 6. The Morgan fingerprint density at radius 1 is 1.21 bits per heavy atom. The van der Waals surface area contributed by atoms with Crippen LogP contribution in [0.15, 0.2) is 18.7 Å². The summed E-state index contributed by atoms with van der Waals surface area (Å²) < 4.78 is 7.40. The molecule has 3 N–H and O–H groups in total. The van der Waals surface area contributed by atoms with E-state index >= 15 is 0 Å². The number of rotatable bonds is 4. The molecule has 5 rings (SSSR count). The number of morpholine rings is 1. The van der Waals surface area contributed by atoms with Gasteiger partial charge in [0.1, 0.15) is 10.5 Å². The molecule has 0 radical (unpaired) electrons. The summed E-state index contributed by atoms with van der Waals surface area (Å²) in [5.41, 5.74) is 8.83. The average Bonchev–Trinajstić information content (AvgIpc) is 3.44. The topological polar surface area (TPSA) is 107 Å². The van der Waals surface area contributed by atoms with E-state index in [2.05, 4.69) is 31.4 Å². The summed E-state index contributed by atoms with van der Waals surface area (Å²) >= 11 is 1.70. The number of nitrogen functional groups attached to an aromatic ring is 1. The lowest BCUT2D eigenvalue weighted by Gasteiger charge is -2.26. The second-order valence-electron chi connectivity index (χ2n) is 6.54. The van der Waals surface area contributed by atoms with Crippen molar-refractivity contribution in [1.82, 2.24) is 29.8 Å². The van der Waals surface area contributed by atoms with Crippen molar-refractivity contribution in [3.63, 3.8) is 0 Å². The van der Waals surface area contributed by atoms with E-state index in [9.17, 15) is 0 Å². The van der Waals surface area contributed by atoms with Crippen molar-refractivity contribution >= 4 is 52.2 Å². The molecule has 0 amide bonds. The third kappa shape index (κ3) is 3.50. The predicted octanol–water partition coefficient (Wildman–Crippen LogP) is 1.51. The van der Waals surface area contributed by atoms with Gasteiger partial charge in [0.25, 0.3) is 0 Å². The van der Waals surface area contributed by atoms with Crippen LogP contribution in [0.3, 0.4) is 0 Å². The van der Waals surface area contributed by atoms with Crippen LogP contribution in [-0.2, 0) is 11.3 Å². The van der Waals surface area contributed by atoms with Crippen LogP contribution in [0.2, 0.25) is 0 Å². The van der Waals surface area contributed by atoms with Gasteiger partial charge in [-0.25, -0.2) is 9.97 Å². The van der Waals surface area contributed by atoms with E-state index in [1.165, 1.54) is 10.5 Å². The Hall–Kier alpha value is -2.43. The van der Waals surface area contributed by atoms with Crippen LogP contribution < -0.4 is 16.0 Å².